The van der Waals surface area contributed by atoms with Gasteiger partial charge in [0.2, 0.25) is 0 Å². The summed E-state index contributed by atoms with van der Waals surface area (Å²) in [5.74, 6) is 0.635. The molecule has 0 aromatic carbocycles. The Hall–Kier alpha value is -0.580. The molecule has 4 nitrogen and oxygen atoms in total. The minimum Gasteiger partial charge on any atom is -0.394 e. The number of hydrogen-bond acceptors (Lipinski definition) is 4. The van der Waals surface area contributed by atoms with Crippen LogP contribution in [0.1, 0.15) is 19.7 Å². The Bertz CT molecular complexity index is 330. The van der Waals surface area contributed by atoms with Gasteiger partial charge in [-0.2, -0.15) is 0 Å². The van der Waals surface area contributed by atoms with E-state index in [2.05, 4.69) is 28.7 Å². The fourth-order valence-electron chi connectivity index (χ4n) is 1.37. The molecule has 0 atom stereocenters. The summed E-state index contributed by atoms with van der Waals surface area (Å²) in [7, 11) is 0. The molecule has 2 N–H and O–H groups in total. The van der Waals surface area contributed by atoms with Crippen LogP contribution in [-0.4, -0.2) is 34.5 Å². The predicted molar refractivity (Wildman–Crippen MR) is 68.0 cm³/mol. The van der Waals surface area contributed by atoms with Gasteiger partial charge >= 0.3 is 0 Å². The number of rotatable bonds is 5. The predicted octanol–water partition coefficient (Wildman–Crippen LogP) is 2.25. The van der Waals surface area contributed by atoms with Crippen molar-refractivity contribution < 1.29 is 0 Å². The van der Waals surface area contributed by atoms with Gasteiger partial charge < -0.3 is 10.6 Å². The van der Waals surface area contributed by atoms with Gasteiger partial charge in [-0.15, -0.1) is 0 Å². The van der Waals surface area contributed by atoms with Crippen LogP contribution >= 0.6 is 23.2 Å². The molecular formula is C10H16Cl2N4. The number of anilines is 1. The van der Waals surface area contributed by atoms with Crippen LogP contribution in [0.4, 0.5) is 5.69 Å². The third-order valence-electron chi connectivity index (χ3n) is 2.45. The van der Waals surface area contributed by atoms with Crippen LogP contribution in [0.2, 0.25) is 10.3 Å². The van der Waals surface area contributed by atoms with Gasteiger partial charge in [0, 0.05) is 13.0 Å². The van der Waals surface area contributed by atoms with E-state index in [1.165, 1.54) is 0 Å². The molecule has 0 aliphatic rings. The second-order valence-electron chi connectivity index (χ2n) is 3.41. The zero-order chi connectivity index (χ0) is 12.1. The van der Waals surface area contributed by atoms with Crippen LogP contribution in [0.25, 0.3) is 0 Å². The zero-order valence-corrected chi connectivity index (χ0v) is 11.0. The lowest BCUT2D eigenvalue weighted by atomic mass is 10.3. The summed E-state index contributed by atoms with van der Waals surface area (Å²) in [5.41, 5.74) is 5.81. The van der Waals surface area contributed by atoms with Gasteiger partial charge in [-0.05, 0) is 13.1 Å². The van der Waals surface area contributed by atoms with Crippen molar-refractivity contribution in [2.75, 3.05) is 25.4 Å². The minimum atomic E-state index is 0.231. The third kappa shape index (κ3) is 3.47. The normalized spacial score (nSPS) is 11.1. The van der Waals surface area contributed by atoms with Crippen LogP contribution in [0, 0.1) is 0 Å². The Labute approximate surface area is 106 Å². The van der Waals surface area contributed by atoms with E-state index in [1.807, 2.05) is 0 Å². The van der Waals surface area contributed by atoms with Crippen molar-refractivity contribution in [3.8, 4) is 0 Å². The number of halogens is 2. The highest BCUT2D eigenvalue weighted by atomic mass is 35.5. The number of likely N-dealkylation sites (N-methyl/N-ethyl adjacent to an activating group) is 1. The van der Waals surface area contributed by atoms with Gasteiger partial charge in [-0.1, -0.05) is 37.0 Å². The standard InChI is InChI=1S/C10H16Cl2N4/c1-3-16(4-2)6-5-7-14-9(11)8(13)10(12)15-7/h3-6,13H2,1-2H3. The second-order valence-corrected chi connectivity index (χ2v) is 4.13. The molecule has 0 spiro atoms. The number of nitrogens with zero attached hydrogens (tertiary/aromatic N) is 3. The summed E-state index contributed by atoms with van der Waals surface area (Å²) in [6, 6.07) is 0. The van der Waals surface area contributed by atoms with E-state index in [-0.39, 0.29) is 16.0 Å². The van der Waals surface area contributed by atoms with Crippen molar-refractivity contribution in [3.05, 3.63) is 16.1 Å². The summed E-state index contributed by atoms with van der Waals surface area (Å²) >= 11 is 11.7. The maximum Gasteiger partial charge on any atom is 0.157 e. The lowest BCUT2D eigenvalue weighted by molar-refractivity contribution is 0.306. The van der Waals surface area contributed by atoms with Crippen LogP contribution < -0.4 is 5.73 Å². The fourth-order valence-corrected chi connectivity index (χ4v) is 1.79. The fraction of sp³-hybridized carbons (Fsp3) is 0.600. The van der Waals surface area contributed by atoms with Crippen molar-refractivity contribution in [2.45, 2.75) is 20.3 Å². The van der Waals surface area contributed by atoms with Crippen LogP contribution in [0.5, 0.6) is 0 Å². The molecule has 0 saturated carbocycles. The van der Waals surface area contributed by atoms with E-state index < -0.39 is 0 Å². The van der Waals surface area contributed by atoms with Crippen molar-refractivity contribution in [1.29, 1.82) is 0 Å². The Balaban J connectivity index is 2.68. The maximum atomic E-state index is 5.83. The smallest absolute Gasteiger partial charge is 0.157 e. The van der Waals surface area contributed by atoms with Gasteiger partial charge in [0.05, 0.1) is 0 Å². The van der Waals surface area contributed by atoms with E-state index in [0.29, 0.717) is 5.82 Å². The molecule has 0 bridgehead atoms. The topological polar surface area (TPSA) is 55.0 Å². The summed E-state index contributed by atoms with van der Waals surface area (Å²) in [6.07, 6.45) is 0.724. The molecule has 0 aliphatic heterocycles. The number of nitrogen functional groups attached to an aromatic ring is 1. The Kier molecular flexibility index (Phi) is 5.25. The summed E-state index contributed by atoms with van der Waals surface area (Å²) in [4.78, 5) is 10.5. The largest absolute Gasteiger partial charge is 0.394 e. The quantitative estimate of drug-likeness (QED) is 0.828. The lowest BCUT2D eigenvalue weighted by Gasteiger charge is -2.17. The SMILES string of the molecule is CCN(CC)CCc1nc(Cl)c(N)c(Cl)n1. The van der Waals surface area contributed by atoms with Gasteiger partial charge in [-0.25, -0.2) is 9.97 Å². The molecule has 16 heavy (non-hydrogen) atoms. The molecule has 1 rings (SSSR count). The Morgan fingerprint density at radius 2 is 1.62 bits per heavy atom. The van der Waals surface area contributed by atoms with Gasteiger partial charge in [-0.3, -0.25) is 0 Å². The molecule has 0 aliphatic carbocycles. The second kappa shape index (κ2) is 6.23. The highest BCUT2D eigenvalue weighted by molar-refractivity contribution is 6.37. The summed E-state index contributed by atoms with van der Waals surface area (Å²) in [5, 5.41) is 0.462. The zero-order valence-electron chi connectivity index (χ0n) is 9.50. The van der Waals surface area contributed by atoms with Crippen molar-refractivity contribution in [3.63, 3.8) is 0 Å². The summed E-state index contributed by atoms with van der Waals surface area (Å²) in [6.45, 7) is 7.14. The molecule has 0 fully saturated rings. The first-order valence-corrected chi connectivity index (χ1v) is 6.03. The molecule has 0 saturated heterocycles. The molecule has 1 aromatic rings. The number of hydrogen-bond donors (Lipinski definition) is 1. The van der Waals surface area contributed by atoms with Crippen molar-refractivity contribution in [2.24, 2.45) is 0 Å². The molecule has 1 aromatic heterocycles. The molecule has 0 amide bonds. The monoisotopic (exact) mass is 262 g/mol. The number of nitrogens with two attached hydrogens (primary N) is 1. The van der Waals surface area contributed by atoms with E-state index in [4.69, 9.17) is 28.9 Å². The third-order valence-corrected chi connectivity index (χ3v) is 3.02. The van der Waals surface area contributed by atoms with Gasteiger partial charge in [0.25, 0.3) is 0 Å². The Morgan fingerprint density at radius 1 is 1.12 bits per heavy atom. The average molecular weight is 263 g/mol. The maximum absolute atomic E-state index is 5.83. The van der Waals surface area contributed by atoms with Gasteiger partial charge in [0.1, 0.15) is 11.5 Å². The number of aromatic nitrogens is 2. The molecule has 6 heteroatoms. The van der Waals surface area contributed by atoms with E-state index in [9.17, 15) is 0 Å². The molecule has 0 unspecified atom stereocenters. The molecule has 1 heterocycles. The van der Waals surface area contributed by atoms with E-state index in [1.54, 1.807) is 0 Å². The summed E-state index contributed by atoms with van der Waals surface area (Å²) < 4.78 is 0. The lowest BCUT2D eigenvalue weighted by Crippen LogP contribution is -2.25. The van der Waals surface area contributed by atoms with Crippen LogP contribution in [-0.2, 0) is 6.42 Å². The first-order chi connectivity index (χ1) is 7.58. The molecule has 90 valence electrons. The molecule has 0 radical (unpaired) electrons. The van der Waals surface area contributed by atoms with Crippen LogP contribution in [0.15, 0.2) is 0 Å². The van der Waals surface area contributed by atoms with Crippen molar-refractivity contribution >= 4 is 28.9 Å². The highest BCUT2D eigenvalue weighted by Crippen LogP contribution is 2.23. The van der Waals surface area contributed by atoms with Gasteiger partial charge in [0.15, 0.2) is 10.3 Å². The highest BCUT2D eigenvalue weighted by Gasteiger charge is 2.09. The first-order valence-electron chi connectivity index (χ1n) is 5.28. The Morgan fingerprint density at radius 3 is 2.06 bits per heavy atom. The molecular weight excluding hydrogens is 247 g/mol. The van der Waals surface area contributed by atoms with E-state index in [0.717, 1.165) is 26.1 Å². The van der Waals surface area contributed by atoms with Crippen LogP contribution in [0.3, 0.4) is 0 Å². The van der Waals surface area contributed by atoms with E-state index >= 15 is 0 Å². The average Bonchev–Trinajstić information content (AvgIpc) is 2.27. The minimum absolute atomic E-state index is 0.231. The first kappa shape index (κ1) is 13.5. The van der Waals surface area contributed by atoms with Crippen molar-refractivity contribution in [1.82, 2.24) is 14.9 Å².